The van der Waals surface area contributed by atoms with E-state index in [0.29, 0.717) is 26.2 Å². The zero-order valence-electron chi connectivity index (χ0n) is 15.2. The topological polar surface area (TPSA) is 109 Å². The Morgan fingerprint density at radius 3 is 2.35 bits per heavy atom. The van der Waals surface area contributed by atoms with Crippen molar-refractivity contribution in [3.63, 3.8) is 0 Å². The van der Waals surface area contributed by atoms with Crippen molar-refractivity contribution >= 4 is 34.3 Å². The maximum atomic E-state index is 12.9. The molecule has 1 aliphatic heterocycles. The molecule has 0 saturated carbocycles. The van der Waals surface area contributed by atoms with Crippen molar-refractivity contribution in [1.82, 2.24) is 14.5 Å². The van der Waals surface area contributed by atoms with E-state index in [0.717, 1.165) is 11.4 Å². The Balaban J connectivity index is 0.00000338. The summed E-state index contributed by atoms with van der Waals surface area (Å²) >= 11 is 0. The second kappa shape index (κ2) is 8.85. The van der Waals surface area contributed by atoms with Gasteiger partial charge in [0.25, 0.3) is 0 Å². The summed E-state index contributed by atoms with van der Waals surface area (Å²) < 4.78 is 36.7. The highest BCUT2D eigenvalue weighted by molar-refractivity contribution is 7.89. The van der Waals surface area contributed by atoms with Crippen LogP contribution in [0.15, 0.2) is 9.31 Å². The van der Waals surface area contributed by atoms with Crippen molar-refractivity contribution < 1.29 is 27.2 Å². The molecular formula is C15H24ClN3O6S. The van der Waals surface area contributed by atoms with Crippen LogP contribution in [0.2, 0.25) is 0 Å². The van der Waals surface area contributed by atoms with Crippen LogP contribution in [-0.2, 0) is 19.6 Å². The number of nitrogens with one attached hydrogen (secondary N) is 1. The van der Waals surface area contributed by atoms with Crippen molar-refractivity contribution in [3.8, 4) is 0 Å². The molecule has 0 unspecified atom stereocenters. The monoisotopic (exact) mass is 409 g/mol. The lowest BCUT2D eigenvalue weighted by Gasteiger charge is -2.29. The highest BCUT2D eigenvalue weighted by Crippen LogP contribution is 2.29. The molecule has 1 N–H and O–H groups in total. The Hall–Kier alpha value is -1.62. The van der Waals surface area contributed by atoms with E-state index in [9.17, 15) is 18.0 Å². The van der Waals surface area contributed by atoms with Gasteiger partial charge in [0.15, 0.2) is 0 Å². The molecule has 1 aromatic rings. The summed E-state index contributed by atoms with van der Waals surface area (Å²) in [7, 11) is -1.62. The van der Waals surface area contributed by atoms with Crippen LogP contribution in [0.25, 0.3) is 0 Å². The number of carbonyl (C=O) groups is 2. The number of hydrogen-bond donors (Lipinski definition) is 1. The van der Waals surface area contributed by atoms with E-state index in [-0.39, 0.29) is 46.8 Å². The van der Waals surface area contributed by atoms with E-state index in [1.165, 1.54) is 20.9 Å². The fourth-order valence-electron chi connectivity index (χ4n) is 2.76. The van der Waals surface area contributed by atoms with Gasteiger partial charge in [0, 0.05) is 33.2 Å². The van der Waals surface area contributed by atoms with Gasteiger partial charge in [0.05, 0.1) is 13.7 Å². The number of sulfonamides is 1. The molecule has 0 radical (unpaired) electrons. The number of rotatable bonds is 5. The van der Waals surface area contributed by atoms with Crippen LogP contribution in [0, 0.1) is 13.8 Å². The van der Waals surface area contributed by atoms with Crippen LogP contribution in [0.3, 0.4) is 0 Å². The molecule has 0 spiro atoms. The van der Waals surface area contributed by atoms with Gasteiger partial charge in [0.1, 0.15) is 22.0 Å². The maximum absolute atomic E-state index is 12.9. The first-order valence-corrected chi connectivity index (χ1v) is 9.27. The highest BCUT2D eigenvalue weighted by Gasteiger charge is 2.35. The van der Waals surface area contributed by atoms with Gasteiger partial charge in [-0.15, -0.1) is 12.4 Å². The van der Waals surface area contributed by atoms with Crippen molar-refractivity contribution in [2.24, 2.45) is 0 Å². The van der Waals surface area contributed by atoms with E-state index >= 15 is 0 Å². The Bertz CT molecular complexity index is 771. The Morgan fingerprint density at radius 2 is 1.81 bits per heavy atom. The summed E-state index contributed by atoms with van der Waals surface area (Å²) in [6.07, 6.45) is 0. The van der Waals surface area contributed by atoms with E-state index < -0.39 is 16.0 Å². The van der Waals surface area contributed by atoms with Gasteiger partial charge in [-0.05, 0) is 13.8 Å². The molecule has 2 rings (SSSR count). The predicted molar refractivity (Wildman–Crippen MR) is 96.0 cm³/mol. The van der Waals surface area contributed by atoms with Crippen LogP contribution in [0.4, 0.5) is 0 Å². The predicted octanol–water partition coefficient (Wildman–Crippen LogP) is 0.157. The normalized spacial score (nSPS) is 14.9. The molecule has 1 saturated heterocycles. The van der Waals surface area contributed by atoms with E-state index in [1.54, 1.807) is 4.90 Å². The van der Waals surface area contributed by atoms with E-state index in [1.807, 2.05) is 0 Å². The van der Waals surface area contributed by atoms with Gasteiger partial charge in [-0.3, -0.25) is 4.79 Å². The van der Waals surface area contributed by atoms with Crippen molar-refractivity contribution in [1.29, 1.82) is 0 Å². The summed E-state index contributed by atoms with van der Waals surface area (Å²) in [6, 6.07) is 0. The number of likely N-dealkylation sites (N-methyl/N-ethyl adjacent to an activating group) is 1. The van der Waals surface area contributed by atoms with Gasteiger partial charge >= 0.3 is 5.97 Å². The molecule has 9 nitrogen and oxygen atoms in total. The minimum Gasteiger partial charge on any atom is -0.465 e. The minimum atomic E-state index is -4.09. The molecule has 2 heterocycles. The Kier molecular flexibility index (Phi) is 7.63. The van der Waals surface area contributed by atoms with Crippen LogP contribution in [0.5, 0.6) is 0 Å². The first kappa shape index (κ1) is 22.4. The summed E-state index contributed by atoms with van der Waals surface area (Å²) in [4.78, 5) is 25.6. The summed E-state index contributed by atoms with van der Waals surface area (Å²) in [5, 5.41) is 3.13. The molecular weight excluding hydrogens is 386 g/mol. The summed E-state index contributed by atoms with van der Waals surface area (Å²) in [6.45, 7) is 5.05. The van der Waals surface area contributed by atoms with Gasteiger partial charge < -0.3 is 19.4 Å². The lowest BCUT2D eigenvalue weighted by Crippen LogP contribution is -2.49. The quantitative estimate of drug-likeness (QED) is 0.689. The SMILES string of the molecule is COC(=O)c1c(C)oc(C)c1S(=O)(=O)N(C)CC(=O)N1CCNCC1.Cl. The average Bonchev–Trinajstić information content (AvgIpc) is 2.89. The molecule has 26 heavy (non-hydrogen) atoms. The number of hydrogen-bond acceptors (Lipinski definition) is 7. The van der Waals surface area contributed by atoms with Gasteiger partial charge in [-0.2, -0.15) is 4.31 Å². The van der Waals surface area contributed by atoms with Crippen molar-refractivity contribution in [2.75, 3.05) is 46.9 Å². The van der Waals surface area contributed by atoms with Crippen LogP contribution in [0.1, 0.15) is 21.9 Å². The van der Waals surface area contributed by atoms with E-state index in [2.05, 4.69) is 10.1 Å². The summed E-state index contributed by atoms with van der Waals surface area (Å²) in [5.74, 6) is -0.844. The fourth-order valence-corrected chi connectivity index (χ4v) is 4.24. The second-order valence-electron chi connectivity index (χ2n) is 5.80. The number of methoxy groups -OCH3 is 1. The number of esters is 1. The van der Waals surface area contributed by atoms with Crippen LogP contribution >= 0.6 is 12.4 Å². The van der Waals surface area contributed by atoms with Gasteiger partial charge in [-0.1, -0.05) is 0 Å². The minimum absolute atomic E-state index is 0. The number of furan rings is 1. The van der Waals surface area contributed by atoms with Crippen molar-refractivity contribution in [3.05, 3.63) is 17.1 Å². The lowest BCUT2D eigenvalue weighted by atomic mass is 10.2. The van der Waals surface area contributed by atoms with Crippen LogP contribution in [-0.4, -0.2) is 76.4 Å². The largest absolute Gasteiger partial charge is 0.465 e. The van der Waals surface area contributed by atoms with Crippen molar-refractivity contribution in [2.45, 2.75) is 18.7 Å². The molecule has 0 aliphatic carbocycles. The highest BCUT2D eigenvalue weighted by atomic mass is 35.5. The number of aryl methyl sites for hydroxylation is 2. The first-order valence-electron chi connectivity index (χ1n) is 7.83. The number of nitrogens with zero attached hydrogens (tertiary/aromatic N) is 2. The molecule has 1 amide bonds. The second-order valence-corrected chi connectivity index (χ2v) is 7.78. The zero-order valence-corrected chi connectivity index (χ0v) is 16.8. The number of ether oxygens (including phenoxy) is 1. The molecule has 0 atom stereocenters. The van der Waals surface area contributed by atoms with E-state index in [4.69, 9.17) is 4.42 Å². The maximum Gasteiger partial charge on any atom is 0.342 e. The lowest BCUT2D eigenvalue weighted by molar-refractivity contribution is -0.131. The third kappa shape index (κ3) is 4.37. The van der Waals surface area contributed by atoms with Gasteiger partial charge in [-0.25, -0.2) is 13.2 Å². The Morgan fingerprint density at radius 1 is 1.23 bits per heavy atom. The zero-order chi connectivity index (χ0) is 18.8. The molecule has 0 aromatic carbocycles. The molecule has 11 heteroatoms. The van der Waals surface area contributed by atoms with Crippen LogP contribution < -0.4 is 5.32 Å². The average molecular weight is 410 g/mol. The number of halogens is 1. The smallest absolute Gasteiger partial charge is 0.342 e. The number of amides is 1. The molecule has 148 valence electrons. The third-order valence-electron chi connectivity index (χ3n) is 4.09. The van der Waals surface area contributed by atoms with Gasteiger partial charge in [0.2, 0.25) is 15.9 Å². The standard InChI is InChI=1S/C15H23N3O6S.ClH/c1-10-13(15(20)23-4)14(11(2)24-10)25(21,22)17(3)9-12(19)18-7-5-16-6-8-18;/h16H,5-9H2,1-4H3;1H. The molecule has 1 aliphatic rings. The number of piperazine rings is 1. The molecule has 1 aromatic heterocycles. The number of carbonyl (C=O) groups excluding carboxylic acids is 2. The molecule has 1 fully saturated rings. The Labute approximate surface area is 159 Å². The molecule has 0 bridgehead atoms. The first-order chi connectivity index (χ1) is 11.7. The third-order valence-corrected chi connectivity index (χ3v) is 6.05. The fraction of sp³-hybridized carbons (Fsp3) is 0.600. The summed E-state index contributed by atoms with van der Waals surface area (Å²) in [5.41, 5.74) is -0.138.